The van der Waals surface area contributed by atoms with Crippen molar-refractivity contribution in [1.29, 1.82) is 0 Å². The molecule has 1 unspecified atom stereocenters. The molecule has 3 aromatic rings. The molecule has 1 aromatic heterocycles. The monoisotopic (exact) mass is 308 g/mol. The highest BCUT2D eigenvalue weighted by molar-refractivity contribution is 6.06. The topological polar surface area (TPSA) is 65.2 Å². The van der Waals surface area contributed by atoms with E-state index in [2.05, 4.69) is 25.1 Å². The second-order valence-electron chi connectivity index (χ2n) is 5.67. The van der Waals surface area contributed by atoms with Crippen LogP contribution in [0.4, 0.5) is 4.79 Å². The minimum absolute atomic E-state index is 0.241. The van der Waals surface area contributed by atoms with Gasteiger partial charge in [-0.15, -0.1) is 0 Å². The zero-order chi connectivity index (χ0) is 16.2. The molecule has 0 aliphatic carbocycles. The molecule has 2 N–H and O–H groups in total. The van der Waals surface area contributed by atoms with E-state index < -0.39 is 6.09 Å². The number of pyridine rings is 1. The second kappa shape index (κ2) is 6.65. The van der Waals surface area contributed by atoms with Gasteiger partial charge in [-0.2, -0.15) is 0 Å². The summed E-state index contributed by atoms with van der Waals surface area (Å²) in [7, 11) is 0. The van der Waals surface area contributed by atoms with Gasteiger partial charge in [0.2, 0.25) is 0 Å². The van der Waals surface area contributed by atoms with Crippen LogP contribution in [0.3, 0.4) is 0 Å². The summed E-state index contributed by atoms with van der Waals surface area (Å²) < 4.78 is 5.25. The summed E-state index contributed by atoms with van der Waals surface area (Å²) in [6, 6.07) is 16.3. The van der Waals surface area contributed by atoms with Gasteiger partial charge in [0.25, 0.3) is 0 Å². The molecule has 0 spiro atoms. The van der Waals surface area contributed by atoms with Crippen molar-refractivity contribution >= 4 is 27.8 Å². The molecule has 0 saturated heterocycles. The third kappa shape index (κ3) is 3.26. The molecular formula is C19H20N2O2. The maximum atomic E-state index is 11.1. The molecular weight excluding hydrogens is 288 g/mol. The smallest absolute Gasteiger partial charge is 0.404 e. The van der Waals surface area contributed by atoms with Crippen molar-refractivity contribution in [3.8, 4) is 0 Å². The maximum absolute atomic E-state index is 11.1. The van der Waals surface area contributed by atoms with Crippen LogP contribution < -0.4 is 5.73 Å². The summed E-state index contributed by atoms with van der Waals surface area (Å²) in [6.07, 6.45) is 1.29. The Kier molecular flexibility index (Phi) is 4.42. The summed E-state index contributed by atoms with van der Waals surface area (Å²) in [5, 5.41) is 3.40. The number of benzene rings is 2. The number of para-hydroxylation sites is 1. The molecule has 0 bridgehead atoms. The van der Waals surface area contributed by atoms with Crippen LogP contribution in [0.1, 0.15) is 25.5 Å². The van der Waals surface area contributed by atoms with Crippen molar-refractivity contribution < 1.29 is 9.53 Å². The van der Waals surface area contributed by atoms with Gasteiger partial charge >= 0.3 is 6.09 Å². The van der Waals surface area contributed by atoms with E-state index in [0.717, 1.165) is 34.8 Å². The Morgan fingerprint density at radius 3 is 2.43 bits per heavy atom. The van der Waals surface area contributed by atoms with Gasteiger partial charge in [-0.3, -0.25) is 4.98 Å². The average molecular weight is 308 g/mol. The largest absolute Gasteiger partial charge is 0.446 e. The van der Waals surface area contributed by atoms with E-state index in [4.69, 9.17) is 15.5 Å². The molecule has 0 radical (unpaired) electrons. The number of rotatable bonds is 5. The van der Waals surface area contributed by atoms with Gasteiger partial charge in [0.1, 0.15) is 6.10 Å². The lowest BCUT2D eigenvalue weighted by Gasteiger charge is -2.17. The minimum atomic E-state index is -0.728. The van der Waals surface area contributed by atoms with E-state index in [1.54, 1.807) is 0 Å². The van der Waals surface area contributed by atoms with E-state index >= 15 is 0 Å². The van der Waals surface area contributed by atoms with Gasteiger partial charge in [-0.05, 0) is 17.9 Å². The molecule has 1 heterocycles. The summed E-state index contributed by atoms with van der Waals surface area (Å²) in [5.41, 5.74) is 7.10. The first-order valence-corrected chi connectivity index (χ1v) is 7.91. The lowest BCUT2D eigenvalue weighted by Crippen LogP contribution is -2.25. The first-order chi connectivity index (χ1) is 11.2. The van der Waals surface area contributed by atoms with Gasteiger partial charge in [-0.25, -0.2) is 4.79 Å². The lowest BCUT2D eigenvalue weighted by atomic mass is 10.00. The number of aromatic nitrogens is 1. The number of carbonyl (C=O) groups excluding carboxylic acids is 1. The molecule has 0 aliphatic rings. The van der Waals surface area contributed by atoms with Crippen LogP contribution in [0.15, 0.2) is 48.5 Å². The molecule has 23 heavy (non-hydrogen) atoms. The SMILES string of the molecule is CCCC(Cc1nc2ccccc2c2ccccc12)OC(N)=O. The Labute approximate surface area is 135 Å². The highest BCUT2D eigenvalue weighted by Gasteiger charge is 2.16. The van der Waals surface area contributed by atoms with Crippen molar-refractivity contribution in [2.75, 3.05) is 0 Å². The normalized spacial score (nSPS) is 12.4. The minimum Gasteiger partial charge on any atom is -0.446 e. The number of carbonyl (C=O) groups is 1. The standard InChI is InChI=1S/C19H20N2O2/c1-2-7-13(23-19(20)22)12-18-16-10-4-3-8-14(16)15-9-5-6-11-17(15)21-18/h3-6,8-11,13H,2,7,12H2,1H3,(H2,20,22). The molecule has 4 nitrogen and oxygen atoms in total. The van der Waals surface area contributed by atoms with Gasteiger partial charge < -0.3 is 10.5 Å². The van der Waals surface area contributed by atoms with Crippen molar-refractivity contribution in [1.82, 2.24) is 4.98 Å². The molecule has 0 fully saturated rings. The fourth-order valence-corrected chi connectivity index (χ4v) is 3.03. The second-order valence-corrected chi connectivity index (χ2v) is 5.67. The van der Waals surface area contributed by atoms with Crippen molar-refractivity contribution in [3.05, 3.63) is 54.2 Å². The number of ether oxygens (including phenoxy) is 1. The van der Waals surface area contributed by atoms with E-state index in [1.807, 2.05) is 30.3 Å². The third-order valence-corrected chi connectivity index (χ3v) is 4.00. The summed E-state index contributed by atoms with van der Waals surface area (Å²) in [4.78, 5) is 15.9. The highest BCUT2D eigenvalue weighted by Crippen LogP contribution is 2.27. The van der Waals surface area contributed by atoms with Crippen LogP contribution in [0, 0.1) is 0 Å². The van der Waals surface area contributed by atoms with E-state index in [0.29, 0.717) is 6.42 Å². The number of nitrogens with zero attached hydrogens (tertiary/aromatic N) is 1. The number of amides is 1. The third-order valence-electron chi connectivity index (χ3n) is 4.00. The van der Waals surface area contributed by atoms with Crippen LogP contribution >= 0.6 is 0 Å². The predicted molar refractivity (Wildman–Crippen MR) is 92.3 cm³/mol. The lowest BCUT2D eigenvalue weighted by molar-refractivity contribution is 0.100. The van der Waals surface area contributed by atoms with Gasteiger partial charge in [0, 0.05) is 17.2 Å². The molecule has 4 heteroatoms. The number of hydrogen-bond acceptors (Lipinski definition) is 3. The highest BCUT2D eigenvalue weighted by atomic mass is 16.6. The quantitative estimate of drug-likeness (QED) is 0.719. The Bertz CT molecular complexity index is 845. The molecule has 1 atom stereocenters. The van der Waals surface area contributed by atoms with Crippen LogP contribution in [0.5, 0.6) is 0 Å². The van der Waals surface area contributed by atoms with E-state index in [-0.39, 0.29) is 6.10 Å². The van der Waals surface area contributed by atoms with Crippen LogP contribution in [-0.2, 0) is 11.2 Å². The van der Waals surface area contributed by atoms with E-state index in [9.17, 15) is 4.79 Å². The molecule has 3 rings (SSSR count). The zero-order valence-corrected chi connectivity index (χ0v) is 13.2. The fraction of sp³-hybridized carbons (Fsp3) is 0.263. The first-order valence-electron chi connectivity index (χ1n) is 7.91. The summed E-state index contributed by atoms with van der Waals surface area (Å²) in [6.45, 7) is 2.06. The van der Waals surface area contributed by atoms with Gasteiger partial charge in [0.15, 0.2) is 0 Å². The fourth-order valence-electron chi connectivity index (χ4n) is 3.03. The summed E-state index contributed by atoms with van der Waals surface area (Å²) in [5.74, 6) is 0. The van der Waals surface area contributed by atoms with E-state index in [1.165, 1.54) is 5.39 Å². The van der Waals surface area contributed by atoms with Gasteiger partial charge in [0.05, 0.1) is 11.2 Å². The number of fused-ring (bicyclic) bond motifs is 3. The first kappa shape index (κ1) is 15.3. The van der Waals surface area contributed by atoms with Gasteiger partial charge in [-0.1, -0.05) is 55.8 Å². The summed E-state index contributed by atoms with van der Waals surface area (Å²) >= 11 is 0. The van der Waals surface area contributed by atoms with Crippen molar-refractivity contribution in [3.63, 3.8) is 0 Å². The van der Waals surface area contributed by atoms with Crippen LogP contribution in [0.2, 0.25) is 0 Å². The van der Waals surface area contributed by atoms with Crippen molar-refractivity contribution in [2.24, 2.45) is 5.73 Å². The molecule has 2 aromatic carbocycles. The maximum Gasteiger partial charge on any atom is 0.404 e. The zero-order valence-electron chi connectivity index (χ0n) is 13.2. The van der Waals surface area contributed by atoms with Crippen molar-refractivity contribution in [2.45, 2.75) is 32.3 Å². The Hall–Kier alpha value is -2.62. The number of hydrogen-bond donors (Lipinski definition) is 1. The Morgan fingerprint density at radius 1 is 1.09 bits per heavy atom. The molecule has 0 aliphatic heterocycles. The number of nitrogens with two attached hydrogens (primary N) is 1. The van der Waals surface area contributed by atoms with Crippen LogP contribution in [-0.4, -0.2) is 17.2 Å². The Morgan fingerprint density at radius 2 is 1.74 bits per heavy atom. The number of primary amides is 1. The molecule has 0 saturated carbocycles. The van der Waals surface area contributed by atoms with Crippen LogP contribution in [0.25, 0.3) is 21.7 Å². The Balaban J connectivity index is 2.09. The average Bonchev–Trinajstić information content (AvgIpc) is 2.55. The molecule has 118 valence electrons. The molecule has 1 amide bonds. The predicted octanol–water partition coefficient (Wildman–Crippen LogP) is 4.19.